The molecular formula is C25H29N3. The topological polar surface area (TPSA) is 29.0 Å². The number of nitrogens with zero attached hydrogens (tertiary/aromatic N) is 3. The van der Waals surface area contributed by atoms with Crippen LogP contribution in [0.25, 0.3) is 0 Å². The molecule has 0 aliphatic carbocycles. The zero-order valence-electron chi connectivity index (χ0n) is 17.5. The van der Waals surface area contributed by atoms with Gasteiger partial charge >= 0.3 is 0 Å². The van der Waals surface area contributed by atoms with Crippen molar-refractivity contribution in [3.05, 3.63) is 87.9 Å². The Morgan fingerprint density at radius 3 is 2.50 bits per heavy atom. The van der Waals surface area contributed by atoms with E-state index in [9.17, 15) is 0 Å². The van der Waals surface area contributed by atoms with Crippen LogP contribution < -0.4 is 4.90 Å². The van der Waals surface area contributed by atoms with E-state index >= 15 is 0 Å². The van der Waals surface area contributed by atoms with Crippen molar-refractivity contribution in [3.63, 3.8) is 0 Å². The molecule has 0 spiro atoms. The van der Waals surface area contributed by atoms with Gasteiger partial charge in [0.2, 0.25) is 0 Å². The Labute approximate surface area is 168 Å². The summed E-state index contributed by atoms with van der Waals surface area (Å²) in [6.07, 6.45) is 1.06. The Morgan fingerprint density at radius 2 is 1.75 bits per heavy atom. The maximum absolute atomic E-state index is 5.09. The van der Waals surface area contributed by atoms with E-state index in [0.29, 0.717) is 6.04 Å². The third-order valence-corrected chi connectivity index (χ3v) is 6.18. The fourth-order valence-electron chi connectivity index (χ4n) is 4.25. The molecule has 144 valence electrons. The SMILES string of the molecule is Cc1ccc2c(c1)CCN(c1nc(C(C)c3ccccc3)nc(C)c1C)C2C. The number of aryl methyl sites for hydroxylation is 2. The number of hydrogen-bond donors (Lipinski definition) is 0. The summed E-state index contributed by atoms with van der Waals surface area (Å²) in [5.74, 6) is 2.17. The van der Waals surface area contributed by atoms with Gasteiger partial charge in [-0.25, -0.2) is 9.97 Å². The predicted octanol–water partition coefficient (Wildman–Crippen LogP) is 5.68. The first-order valence-corrected chi connectivity index (χ1v) is 10.2. The standard InChI is InChI=1S/C25H29N3/c1-16-11-12-23-20(5)28(14-13-22(23)15-16)25-17(2)19(4)26-24(27-25)18(3)21-9-7-6-8-10-21/h6-12,15,18,20H,13-14H2,1-5H3. The van der Waals surface area contributed by atoms with E-state index < -0.39 is 0 Å². The highest BCUT2D eigenvalue weighted by Gasteiger charge is 2.27. The first-order valence-electron chi connectivity index (χ1n) is 10.2. The van der Waals surface area contributed by atoms with Crippen LogP contribution in [-0.4, -0.2) is 16.5 Å². The number of fused-ring (bicyclic) bond motifs is 1. The minimum absolute atomic E-state index is 0.175. The lowest BCUT2D eigenvalue weighted by atomic mass is 9.91. The average Bonchev–Trinajstić information content (AvgIpc) is 2.70. The maximum Gasteiger partial charge on any atom is 0.138 e. The second kappa shape index (κ2) is 7.38. The quantitative estimate of drug-likeness (QED) is 0.593. The summed E-state index contributed by atoms with van der Waals surface area (Å²) in [6.45, 7) is 11.9. The summed E-state index contributed by atoms with van der Waals surface area (Å²) in [5.41, 5.74) is 7.75. The predicted molar refractivity (Wildman–Crippen MR) is 116 cm³/mol. The minimum Gasteiger partial charge on any atom is -0.349 e. The number of rotatable bonds is 3. The van der Waals surface area contributed by atoms with Gasteiger partial charge in [0.25, 0.3) is 0 Å². The van der Waals surface area contributed by atoms with Crippen molar-refractivity contribution in [3.8, 4) is 0 Å². The molecule has 0 saturated heterocycles. The van der Waals surface area contributed by atoms with Crippen LogP contribution in [0.1, 0.15) is 65.1 Å². The minimum atomic E-state index is 0.175. The van der Waals surface area contributed by atoms with Gasteiger partial charge in [0, 0.05) is 23.7 Å². The molecule has 2 unspecified atom stereocenters. The van der Waals surface area contributed by atoms with Crippen LogP contribution >= 0.6 is 0 Å². The monoisotopic (exact) mass is 371 g/mol. The largest absolute Gasteiger partial charge is 0.349 e. The smallest absolute Gasteiger partial charge is 0.138 e. The van der Waals surface area contributed by atoms with Crippen LogP contribution in [0.2, 0.25) is 0 Å². The van der Waals surface area contributed by atoms with Crippen molar-refractivity contribution in [1.82, 2.24) is 9.97 Å². The van der Waals surface area contributed by atoms with Gasteiger partial charge in [0.1, 0.15) is 11.6 Å². The fraction of sp³-hybridized carbons (Fsp3) is 0.360. The highest BCUT2D eigenvalue weighted by atomic mass is 15.2. The second-order valence-corrected chi connectivity index (χ2v) is 8.07. The molecule has 2 aromatic carbocycles. The lowest BCUT2D eigenvalue weighted by Gasteiger charge is -2.37. The summed E-state index contributed by atoms with van der Waals surface area (Å²) in [7, 11) is 0. The molecule has 1 aliphatic heterocycles. The molecule has 2 atom stereocenters. The molecule has 0 radical (unpaired) electrons. The first kappa shape index (κ1) is 18.7. The van der Waals surface area contributed by atoms with Gasteiger partial charge in [-0.2, -0.15) is 0 Å². The van der Waals surface area contributed by atoms with Crippen molar-refractivity contribution in [2.24, 2.45) is 0 Å². The van der Waals surface area contributed by atoms with Crippen LogP contribution in [0.15, 0.2) is 48.5 Å². The van der Waals surface area contributed by atoms with Crippen LogP contribution in [0, 0.1) is 20.8 Å². The van der Waals surface area contributed by atoms with Gasteiger partial charge in [-0.05, 0) is 50.8 Å². The van der Waals surface area contributed by atoms with Crippen molar-refractivity contribution >= 4 is 5.82 Å². The molecule has 3 heteroatoms. The Morgan fingerprint density at radius 1 is 1.00 bits per heavy atom. The molecule has 28 heavy (non-hydrogen) atoms. The van der Waals surface area contributed by atoms with Gasteiger partial charge in [0.05, 0.1) is 6.04 Å². The number of hydrogen-bond acceptors (Lipinski definition) is 3. The molecule has 1 aliphatic rings. The Kier molecular flexibility index (Phi) is 4.92. The summed E-state index contributed by atoms with van der Waals surface area (Å²) in [6, 6.07) is 17.7. The van der Waals surface area contributed by atoms with Crippen LogP contribution in [0.4, 0.5) is 5.82 Å². The van der Waals surface area contributed by atoms with Gasteiger partial charge in [-0.15, -0.1) is 0 Å². The van der Waals surface area contributed by atoms with E-state index in [1.54, 1.807) is 0 Å². The highest BCUT2D eigenvalue weighted by Crippen LogP contribution is 2.36. The molecule has 0 N–H and O–H groups in total. The fourth-order valence-corrected chi connectivity index (χ4v) is 4.25. The third-order valence-electron chi connectivity index (χ3n) is 6.18. The Balaban J connectivity index is 1.74. The van der Waals surface area contributed by atoms with Gasteiger partial charge in [-0.3, -0.25) is 0 Å². The van der Waals surface area contributed by atoms with Crippen molar-refractivity contribution in [2.75, 3.05) is 11.4 Å². The molecule has 2 heterocycles. The molecule has 4 rings (SSSR count). The summed E-state index contributed by atoms with van der Waals surface area (Å²) in [5, 5.41) is 0. The van der Waals surface area contributed by atoms with Crippen LogP contribution in [0.3, 0.4) is 0 Å². The average molecular weight is 372 g/mol. The number of anilines is 1. The molecule has 0 saturated carbocycles. The van der Waals surface area contributed by atoms with E-state index in [1.807, 2.05) is 0 Å². The van der Waals surface area contributed by atoms with Crippen molar-refractivity contribution < 1.29 is 0 Å². The molecule has 0 amide bonds. The third kappa shape index (κ3) is 3.30. The molecule has 1 aromatic heterocycles. The maximum atomic E-state index is 5.09. The van der Waals surface area contributed by atoms with E-state index in [4.69, 9.17) is 9.97 Å². The van der Waals surface area contributed by atoms with E-state index in [2.05, 4.69) is 88.0 Å². The molecule has 3 nitrogen and oxygen atoms in total. The summed E-state index contributed by atoms with van der Waals surface area (Å²) >= 11 is 0. The second-order valence-electron chi connectivity index (χ2n) is 8.07. The summed E-state index contributed by atoms with van der Waals surface area (Å²) < 4.78 is 0. The van der Waals surface area contributed by atoms with Crippen LogP contribution in [0.5, 0.6) is 0 Å². The lowest BCUT2D eigenvalue weighted by molar-refractivity contribution is 0.609. The van der Waals surface area contributed by atoms with E-state index in [1.165, 1.54) is 27.8 Å². The van der Waals surface area contributed by atoms with Gasteiger partial charge in [-0.1, -0.05) is 61.0 Å². The normalized spacial score (nSPS) is 17.3. The number of aromatic nitrogens is 2. The zero-order chi connectivity index (χ0) is 19.8. The van der Waals surface area contributed by atoms with Crippen molar-refractivity contribution in [2.45, 2.75) is 53.0 Å². The highest BCUT2D eigenvalue weighted by molar-refractivity contribution is 5.54. The molecular weight excluding hydrogens is 342 g/mol. The zero-order valence-corrected chi connectivity index (χ0v) is 17.5. The molecule has 3 aromatic rings. The summed E-state index contributed by atoms with van der Waals surface area (Å²) in [4.78, 5) is 12.4. The van der Waals surface area contributed by atoms with Gasteiger partial charge < -0.3 is 4.90 Å². The lowest BCUT2D eigenvalue weighted by Crippen LogP contribution is -2.35. The Bertz CT molecular complexity index is 994. The first-order chi connectivity index (χ1) is 13.5. The Hall–Kier alpha value is -2.68. The van der Waals surface area contributed by atoms with E-state index in [0.717, 1.165) is 30.3 Å². The number of benzene rings is 2. The molecule has 0 fully saturated rings. The van der Waals surface area contributed by atoms with Crippen LogP contribution in [-0.2, 0) is 6.42 Å². The molecule has 0 bridgehead atoms. The van der Waals surface area contributed by atoms with Gasteiger partial charge in [0.15, 0.2) is 0 Å². The van der Waals surface area contributed by atoms with Crippen molar-refractivity contribution in [1.29, 1.82) is 0 Å². The van der Waals surface area contributed by atoms with E-state index in [-0.39, 0.29) is 5.92 Å².